The molecule has 0 aliphatic rings. The summed E-state index contributed by atoms with van der Waals surface area (Å²) in [6, 6.07) is 7.68. The number of unbranched alkanes of at least 4 members (excludes halogenated alkanes) is 1. The lowest BCUT2D eigenvalue weighted by molar-refractivity contribution is 0.0927. The van der Waals surface area contributed by atoms with Crippen molar-refractivity contribution in [1.82, 2.24) is 14.5 Å². The van der Waals surface area contributed by atoms with Crippen molar-refractivity contribution in [2.24, 2.45) is 5.92 Å². The quantitative estimate of drug-likeness (QED) is 0.324. The van der Waals surface area contributed by atoms with E-state index < -0.39 is 11.6 Å². The SMILES string of the molecule is CCCCOc1c(CN(C(=O)O)C(C)(C)C)n(CC(C)C)c(=O)c2ccc(-c3nc(C)c(C#N)s3)cc12. The minimum atomic E-state index is -1.06. The molecule has 9 heteroatoms. The molecule has 0 saturated heterocycles. The van der Waals surface area contributed by atoms with Gasteiger partial charge in [0.05, 0.1) is 29.9 Å². The molecule has 2 aromatic heterocycles. The summed E-state index contributed by atoms with van der Waals surface area (Å²) in [5.74, 6) is 0.683. The molecule has 1 amide bonds. The van der Waals surface area contributed by atoms with Gasteiger partial charge in [-0.3, -0.25) is 9.69 Å². The number of pyridine rings is 1. The van der Waals surface area contributed by atoms with Crippen LogP contribution in [0.15, 0.2) is 23.0 Å². The van der Waals surface area contributed by atoms with Crippen LogP contribution in [0.1, 0.15) is 70.6 Å². The lowest BCUT2D eigenvalue weighted by Gasteiger charge is -2.34. The van der Waals surface area contributed by atoms with Gasteiger partial charge in [0.1, 0.15) is 21.7 Å². The summed E-state index contributed by atoms with van der Waals surface area (Å²) in [6.07, 6.45) is 0.692. The number of carboxylic acid groups (broad SMARTS) is 1. The number of hydrogen-bond donors (Lipinski definition) is 1. The first kappa shape index (κ1) is 28.2. The molecule has 8 nitrogen and oxygen atoms in total. The number of fused-ring (bicyclic) bond motifs is 1. The predicted molar refractivity (Wildman–Crippen MR) is 147 cm³/mol. The molecule has 0 atom stereocenters. The molecule has 0 bridgehead atoms. The van der Waals surface area contributed by atoms with Crippen LogP contribution in [-0.2, 0) is 13.1 Å². The molecule has 0 aliphatic heterocycles. The van der Waals surface area contributed by atoms with Gasteiger partial charge in [-0.1, -0.05) is 33.3 Å². The normalized spacial score (nSPS) is 11.6. The summed E-state index contributed by atoms with van der Waals surface area (Å²) in [5, 5.41) is 21.2. The van der Waals surface area contributed by atoms with Crippen LogP contribution in [0.4, 0.5) is 4.79 Å². The number of rotatable bonds is 9. The summed E-state index contributed by atoms with van der Waals surface area (Å²) in [6.45, 7) is 14.3. The Morgan fingerprint density at radius 2 is 2.00 bits per heavy atom. The Morgan fingerprint density at radius 1 is 1.30 bits per heavy atom. The van der Waals surface area contributed by atoms with Crippen molar-refractivity contribution in [2.75, 3.05) is 6.61 Å². The second-order valence-corrected chi connectivity index (χ2v) is 11.6. The van der Waals surface area contributed by atoms with Gasteiger partial charge in [-0.2, -0.15) is 5.26 Å². The van der Waals surface area contributed by atoms with E-state index >= 15 is 0 Å². The highest BCUT2D eigenvalue weighted by Gasteiger charge is 2.30. The van der Waals surface area contributed by atoms with Gasteiger partial charge in [-0.05, 0) is 52.2 Å². The Morgan fingerprint density at radius 3 is 2.54 bits per heavy atom. The van der Waals surface area contributed by atoms with Crippen molar-refractivity contribution < 1.29 is 14.6 Å². The van der Waals surface area contributed by atoms with Crippen LogP contribution < -0.4 is 10.3 Å². The maximum Gasteiger partial charge on any atom is 0.408 e. The molecule has 1 aromatic carbocycles. The number of nitrogens with zero attached hydrogens (tertiary/aromatic N) is 4. The third kappa shape index (κ3) is 6.13. The van der Waals surface area contributed by atoms with Crippen LogP contribution >= 0.6 is 11.3 Å². The first-order valence-corrected chi connectivity index (χ1v) is 13.4. The molecule has 3 rings (SSSR count). The van der Waals surface area contributed by atoms with E-state index in [1.807, 2.05) is 46.8 Å². The molecule has 3 aromatic rings. The fourth-order valence-corrected chi connectivity index (χ4v) is 5.02. The highest BCUT2D eigenvalue weighted by molar-refractivity contribution is 7.15. The topological polar surface area (TPSA) is 108 Å². The van der Waals surface area contributed by atoms with Gasteiger partial charge in [0.2, 0.25) is 0 Å². The third-order valence-electron chi connectivity index (χ3n) is 6.11. The van der Waals surface area contributed by atoms with Gasteiger partial charge in [0, 0.05) is 23.0 Å². The number of carbonyl (C=O) groups is 1. The third-order valence-corrected chi connectivity index (χ3v) is 7.22. The lowest BCUT2D eigenvalue weighted by atomic mass is 10.0. The zero-order valence-corrected chi connectivity index (χ0v) is 23.5. The zero-order chi connectivity index (χ0) is 27.5. The molecule has 198 valence electrons. The van der Waals surface area contributed by atoms with E-state index in [1.54, 1.807) is 17.6 Å². The fourth-order valence-electron chi connectivity index (χ4n) is 4.16. The maximum atomic E-state index is 13.8. The molecule has 0 aliphatic carbocycles. The Labute approximate surface area is 222 Å². The average molecular weight is 525 g/mol. The molecule has 1 N–H and O–H groups in total. The molecule has 37 heavy (non-hydrogen) atoms. The predicted octanol–water partition coefficient (Wildman–Crippen LogP) is 6.42. The number of thiazole rings is 1. The largest absolute Gasteiger partial charge is 0.491 e. The minimum Gasteiger partial charge on any atom is -0.491 e. The van der Waals surface area contributed by atoms with Crippen LogP contribution in [0.5, 0.6) is 5.75 Å². The molecule has 0 radical (unpaired) electrons. The van der Waals surface area contributed by atoms with Crippen LogP contribution in [-0.4, -0.2) is 37.8 Å². The van der Waals surface area contributed by atoms with E-state index in [-0.39, 0.29) is 18.0 Å². The summed E-state index contributed by atoms with van der Waals surface area (Å²) in [5.41, 5.74) is 1.12. The van der Waals surface area contributed by atoms with E-state index in [0.717, 1.165) is 18.4 Å². The van der Waals surface area contributed by atoms with Gasteiger partial charge < -0.3 is 14.4 Å². The summed E-state index contributed by atoms with van der Waals surface area (Å²) in [4.78, 5) is 32.5. The molecule has 2 heterocycles. The monoisotopic (exact) mass is 524 g/mol. The lowest BCUT2D eigenvalue weighted by Crippen LogP contribution is -2.45. The molecule has 0 saturated carbocycles. The Balaban J connectivity index is 2.36. The van der Waals surface area contributed by atoms with E-state index in [9.17, 15) is 20.0 Å². The number of nitriles is 1. The van der Waals surface area contributed by atoms with E-state index in [0.29, 0.717) is 50.9 Å². The molecule has 0 unspecified atom stereocenters. The van der Waals surface area contributed by atoms with Crippen LogP contribution in [0.3, 0.4) is 0 Å². The van der Waals surface area contributed by atoms with E-state index in [1.165, 1.54) is 16.2 Å². The average Bonchev–Trinajstić information content (AvgIpc) is 3.20. The van der Waals surface area contributed by atoms with E-state index in [2.05, 4.69) is 18.0 Å². The van der Waals surface area contributed by atoms with Crippen molar-refractivity contribution >= 4 is 28.2 Å². The number of aromatic nitrogens is 2. The molecule has 0 fully saturated rings. The maximum absolute atomic E-state index is 13.8. The number of hydrogen-bond acceptors (Lipinski definition) is 6. The van der Waals surface area contributed by atoms with Gasteiger partial charge >= 0.3 is 6.09 Å². The summed E-state index contributed by atoms with van der Waals surface area (Å²) >= 11 is 1.30. The van der Waals surface area contributed by atoms with E-state index in [4.69, 9.17) is 4.74 Å². The van der Waals surface area contributed by atoms with Crippen molar-refractivity contribution in [3.63, 3.8) is 0 Å². The van der Waals surface area contributed by atoms with Gasteiger partial charge in [-0.15, -0.1) is 11.3 Å². The molecule has 0 spiro atoms. The van der Waals surface area contributed by atoms with Crippen LogP contribution in [0.2, 0.25) is 0 Å². The van der Waals surface area contributed by atoms with Gasteiger partial charge in [0.25, 0.3) is 5.56 Å². The Kier molecular flexibility index (Phi) is 8.64. The van der Waals surface area contributed by atoms with Crippen molar-refractivity contribution in [2.45, 2.75) is 79.9 Å². The molecular weight excluding hydrogens is 488 g/mol. The number of ether oxygens (including phenoxy) is 1. The van der Waals surface area contributed by atoms with Crippen molar-refractivity contribution in [3.05, 3.63) is 44.8 Å². The van der Waals surface area contributed by atoms with Crippen molar-refractivity contribution in [1.29, 1.82) is 5.26 Å². The number of benzene rings is 1. The van der Waals surface area contributed by atoms with Gasteiger partial charge in [-0.25, -0.2) is 9.78 Å². The smallest absolute Gasteiger partial charge is 0.408 e. The summed E-state index contributed by atoms with van der Waals surface area (Å²) in [7, 11) is 0. The number of amides is 1. The van der Waals surface area contributed by atoms with Gasteiger partial charge in [0.15, 0.2) is 0 Å². The standard InChI is InChI=1S/C28H36N4O4S/c1-8-9-12-36-24-21-13-19(25-30-18(4)23(14-29)37-25)10-11-20(21)26(33)31(15-17(2)3)22(24)16-32(27(34)35)28(5,6)7/h10-11,13,17H,8-9,12,15-16H2,1-7H3,(H,34,35). The highest BCUT2D eigenvalue weighted by Crippen LogP contribution is 2.35. The first-order chi connectivity index (χ1) is 17.4. The Hall–Kier alpha value is -3.38. The van der Waals surface area contributed by atoms with Crippen molar-refractivity contribution in [3.8, 4) is 22.4 Å². The second-order valence-electron chi connectivity index (χ2n) is 10.6. The fraction of sp³-hybridized carbons (Fsp3) is 0.500. The Bertz CT molecular complexity index is 1390. The highest BCUT2D eigenvalue weighted by atomic mass is 32.1. The van der Waals surface area contributed by atoms with Crippen LogP contribution in [0.25, 0.3) is 21.3 Å². The number of aryl methyl sites for hydroxylation is 1. The second kappa shape index (κ2) is 11.3. The molecular formula is C28H36N4O4S. The van der Waals surface area contributed by atoms with Crippen LogP contribution in [0, 0.1) is 24.2 Å². The minimum absolute atomic E-state index is 0.0113. The zero-order valence-electron chi connectivity index (χ0n) is 22.7. The summed E-state index contributed by atoms with van der Waals surface area (Å²) < 4.78 is 8.03. The first-order valence-electron chi connectivity index (χ1n) is 12.6.